The second kappa shape index (κ2) is 6.40. The van der Waals surface area contributed by atoms with Crippen molar-refractivity contribution in [3.8, 4) is 0 Å². The molecule has 1 aliphatic rings. The molecule has 0 bridgehead atoms. The van der Waals surface area contributed by atoms with Crippen molar-refractivity contribution in [2.75, 3.05) is 0 Å². The molecule has 0 saturated heterocycles. The summed E-state index contributed by atoms with van der Waals surface area (Å²) in [5, 5.41) is 0. The van der Waals surface area contributed by atoms with Crippen LogP contribution < -0.4 is 5.73 Å². The molecule has 1 saturated carbocycles. The largest absolute Gasteiger partial charge is 0.320 e. The third kappa shape index (κ3) is 3.16. The Balaban J connectivity index is 1.79. The first-order valence-electron chi connectivity index (χ1n) is 7.85. The summed E-state index contributed by atoms with van der Waals surface area (Å²) in [5.41, 5.74) is 9.14. The molecule has 2 aromatic rings. The van der Waals surface area contributed by atoms with Crippen LogP contribution in [0.1, 0.15) is 60.8 Å². The predicted octanol–water partition coefficient (Wildman–Crippen LogP) is 4.92. The lowest BCUT2D eigenvalue weighted by atomic mass is 9.83. The topological polar surface area (TPSA) is 26.0 Å². The minimum Gasteiger partial charge on any atom is -0.320 e. The third-order valence-corrected chi connectivity index (χ3v) is 4.61. The fourth-order valence-electron chi connectivity index (χ4n) is 3.32. The van der Waals surface area contributed by atoms with Gasteiger partial charge in [-0.25, -0.2) is 4.39 Å². The summed E-state index contributed by atoms with van der Waals surface area (Å²) in [4.78, 5) is 0. The van der Waals surface area contributed by atoms with Gasteiger partial charge in [0.15, 0.2) is 0 Å². The first-order valence-corrected chi connectivity index (χ1v) is 7.85. The van der Waals surface area contributed by atoms with Crippen molar-refractivity contribution in [1.82, 2.24) is 0 Å². The molecule has 21 heavy (non-hydrogen) atoms. The van der Waals surface area contributed by atoms with Crippen LogP contribution in [-0.2, 0) is 0 Å². The molecule has 110 valence electrons. The summed E-state index contributed by atoms with van der Waals surface area (Å²) in [6.07, 6.45) is 6.62. The van der Waals surface area contributed by atoms with E-state index >= 15 is 0 Å². The van der Waals surface area contributed by atoms with Crippen molar-refractivity contribution in [1.29, 1.82) is 0 Å². The van der Waals surface area contributed by atoms with E-state index in [1.807, 2.05) is 6.07 Å². The Morgan fingerprint density at radius 2 is 1.57 bits per heavy atom. The highest BCUT2D eigenvalue weighted by molar-refractivity contribution is 5.34. The molecule has 2 aromatic carbocycles. The first-order chi connectivity index (χ1) is 10.3. The van der Waals surface area contributed by atoms with E-state index in [1.165, 1.54) is 43.7 Å². The molecule has 0 aromatic heterocycles. The minimum absolute atomic E-state index is 0.235. The van der Waals surface area contributed by atoms with Gasteiger partial charge in [0, 0.05) is 5.56 Å². The van der Waals surface area contributed by atoms with Gasteiger partial charge in [0.1, 0.15) is 5.82 Å². The number of nitrogens with two attached hydrogens (primary N) is 1. The Labute approximate surface area is 126 Å². The number of hydrogen-bond donors (Lipinski definition) is 1. The Hall–Kier alpha value is -1.67. The van der Waals surface area contributed by atoms with E-state index in [0.717, 1.165) is 5.56 Å². The zero-order chi connectivity index (χ0) is 14.7. The van der Waals surface area contributed by atoms with Crippen LogP contribution in [0.25, 0.3) is 0 Å². The van der Waals surface area contributed by atoms with Gasteiger partial charge in [-0.05, 0) is 36.0 Å². The molecule has 0 aliphatic heterocycles. The molecule has 0 radical (unpaired) electrons. The van der Waals surface area contributed by atoms with E-state index in [2.05, 4.69) is 24.3 Å². The molecule has 1 fully saturated rings. The predicted molar refractivity (Wildman–Crippen MR) is 84.7 cm³/mol. The summed E-state index contributed by atoms with van der Waals surface area (Å²) in [6.45, 7) is 0. The Morgan fingerprint density at radius 1 is 0.905 bits per heavy atom. The van der Waals surface area contributed by atoms with Crippen LogP contribution in [0.4, 0.5) is 4.39 Å². The Kier molecular flexibility index (Phi) is 4.35. The standard InChI is InChI=1S/C19H22FN/c20-18-9-5-4-8-17(18)19(21)16-12-10-15(11-13-16)14-6-2-1-3-7-14/h4-5,8-14,19H,1-3,6-7,21H2. The van der Waals surface area contributed by atoms with E-state index in [-0.39, 0.29) is 5.82 Å². The summed E-state index contributed by atoms with van der Waals surface area (Å²) < 4.78 is 13.8. The van der Waals surface area contributed by atoms with Gasteiger partial charge in [-0.15, -0.1) is 0 Å². The quantitative estimate of drug-likeness (QED) is 0.850. The van der Waals surface area contributed by atoms with Gasteiger partial charge in [-0.3, -0.25) is 0 Å². The third-order valence-electron chi connectivity index (χ3n) is 4.61. The van der Waals surface area contributed by atoms with Crippen LogP contribution in [0.2, 0.25) is 0 Å². The fraction of sp³-hybridized carbons (Fsp3) is 0.368. The van der Waals surface area contributed by atoms with Gasteiger partial charge < -0.3 is 5.73 Å². The van der Waals surface area contributed by atoms with Gasteiger partial charge in [0.25, 0.3) is 0 Å². The van der Waals surface area contributed by atoms with E-state index in [4.69, 9.17) is 5.73 Å². The normalized spacial score (nSPS) is 17.6. The van der Waals surface area contributed by atoms with Crippen molar-refractivity contribution in [3.05, 3.63) is 71.0 Å². The highest BCUT2D eigenvalue weighted by Crippen LogP contribution is 2.33. The van der Waals surface area contributed by atoms with E-state index in [0.29, 0.717) is 11.5 Å². The first kappa shape index (κ1) is 14.3. The molecule has 2 heteroatoms. The maximum Gasteiger partial charge on any atom is 0.128 e. The van der Waals surface area contributed by atoms with Gasteiger partial charge in [-0.1, -0.05) is 61.7 Å². The molecule has 1 atom stereocenters. The van der Waals surface area contributed by atoms with Crippen LogP contribution in [0, 0.1) is 5.82 Å². The summed E-state index contributed by atoms with van der Waals surface area (Å²) in [7, 11) is 0. The monoisotopic (exact) mass is 283 g/mol. The van der Waals surface area contributed by atoms with Gasteiger partial charge in [-0.2, -0.15) is 0 Å². The molecule has 1 unspecified atom stereocenters. The van der Waals surface area contributed by atoms with Crippen LogP contribution in [0.15, 0.2) is 48.5 Å². The molecule has 1 aliphatic carbocycles. The number of rotatable bonds is 3. The lowest BCUT2D eigenvalue weighted by Crippen LogP contribution is -2.13. The summed E-state index contributed by atoms with van der Waals surface area (Å²) in [6, 6.07) is 14.8. The highest BCUT2D eigenvalue weighted by atomic mass is 19.1. The van der Waals surface area contributed by atoms with Crippen molar-refractivity contribution in [3.63, 3.8) is 0 Å². The average molecular weight is 283 g/mol. The van der Waals surface area contributed by atoms with Gasteiger partial charge >= 0.3 is 0 Å². The Bertz CT molecular complexity index is 585. The maximum absolute atomic E-state index is 13.8. The van der Waals surface area contributed by atoms with Crippen LogP contribution in [0.3, 0.4) is 0 Å². The summed E-state index contributed by atoms with van der Waals surface area (Å²) >= 11 is 0. The number of halogens is 1. The summed E-state index contributed by atoms with van der Waals surface area (Å²) in [5.74, 6) is 0.457. The molecule has 0 heterocycles. The highest BCUT2D eigenvalue weighted by Gasteiger charge is 2.17. The number of benzene rings is 2. The van der Waals surface area contributed by atoms with Crippen molar-refractivity contribution >= 4 is 0 Å². The SMILES string of the molecule is NC(c1ccc(C2CCCCC2)cc1)c1ccccc1F. The maximum atomic E-state index is 13.8. The molecular weight excluding hydrogens is 261 g/mol. The van der Waals surface area contributed by atoms with E-state index < -0.39 is 6.04 Å². The smallest absolute Gasteiger partial charge is 0.128 e. The van der Waals surface area contributed by atoms with Crippen LogP contribution >= 0.6 is 0 Å². The van der Waals surface area contributed by atoms with Crippen molar-refractivity contribution in [2.24, 2.45) is 5.73 Å². The van der Waals surface area contributed by atoms with Crippen LogP contribution in [-0.4, -0.2) is 0 Å². The molecule has 0 spiro atoms. The molecule has 0 amide bonds. The molecule has 3 rings (SSSR count). The second-order valence-electron chi connectivity index (χ2n) is 6.00. The van der Waals surface area contributed by atoms with Crippen LogP contribution in [0.5, 0.6) is 0 Å². The minimum atomic E-state index is -0.397. The lowest BCUT2D eigenvalue weighted by molar-refractivity contribution is 0.443. The average Bonchev–Trinajstić information content (AvgIpc) is 2.56. The fourth-order valence-corrected chi connectivity index (χ4v) is 3.32. The second-order valence-corrected chi connectivity index (χ2v) is 6.00. The van der Waals surface area contributed by atoms with Gasteiger partial charge in [0.2, 0.25) is 0 Å². The molecule has 1 nitrogen and oxygen atoms in total. The van der Waals surface area contributed by atoms with E-state index in [1.54, 1.807) is 12.1 Å². The number of hydrogen-bond acceptors (Lipinski definition) is 1. The zero-order valence-electron chi connectivity index (χ0n) is 12.3. The Morgan fingerprint density at radius 3 is 2.24 bits per heavy atom. The van der Waals surface area contributed by atoms with Crippen molar-refractivity contribution < 1.29 is 4.39 Å². The van der Waals surface area contributed by atoms with Crippen molar-refractivity contribution in [2.45, 2.75) is 44.1 Å². The molecular formula is C19H22FN. The zero-order valence-corrected chi connectivity index (χ0v) is 12.3. The van der Waals surface area contributed by atoms with Gasteiger partial charge in [0.05, 0.1) is 6.04 Å². The lowest BCUT2D eigenvalue weighted by Gasteiger charge is -2.22. The molecule has 2 N–H and O–H groups in total. The van der Waals surface area contributed by atoms with E-state index in [9.17, 15) is 4.39 Å².